The van der Waals surface area contributed by atoms with Crippen molar-refractivity contribution in [3.63, 3.8) is 0 Å². The van der Waals surface area contributed by atoms with E-state index in [1.54, 1.807) is 0 Å². The fourth-order valence-corrected chi connectivity index (χ4v) is 2.09. The van der Waals surface area contributed by atoms with Crippen LogP contribution in [-0.2, 0) is 0 Å². The van der Waals surface area contributed by atoms with Crippen molar-refractivity contribution < 1.29 is 8.78 Å². The quantitative estimate of drug-likeness (QED) is 0.835. The van der Waals surface area contributed by atoms with Gasteiger partial charge in [-0.3, -0.25) is 0 Å². The molecule has 0 spiro atoms. The maximum Gasteiger partial charge on any atom is 0.149 e. The van der Waals surface area contributed by atoms with Crippen LogP contribution in [0.15, 0.2) is 48.5 Å². The summed E-state index contributed by atoms with van der Waals surface area (Å²) in [5, 5.41) is 2.98. The summed E-state index contributed by atoms with van der Waals surface area (Å²) in [4.78, 5) is 0. The monoisotopic (exact) mass is 261 g/mol. The van der Waals surface area contributed by atoms with Gasteiger partial charge >= 0.3 is 0 Å². The van der Waals surface area contributed by atoms with E-state index < -0.39 is 11.6 Å². The second-order valence-electron chi connectivity index (χ2n) is 4.87. The number of nitrogens with one attached hydrogen (secondary N) is 1. The molecule has 0 aliphatic rings. The lowest BCUT2D eigenvalue weighted by Crippen LogP contribution is -2.18. The minimum atomic E-state index is -0.568. The van der Waals surface area contributed by atoms with Gasteiger partial charge in [0.25, 0.3) is 0 Å². The summed E-state index contributed by atoms with van der Waals surface area (Å²) in [5.41, 5.74) is 0.949. The molecule has 1 nitrogen and oxygen atoms in total. The number of hydrogen-bond acceptors (Lipinski definition) is 1. The van der Waals surface area contributed by atoms with Gasteiger partial charge in [0, 0.05) is 0 Å². The molecule has 0 heterocycles. The van der Waals surface area contributed by atoms with Crippen LogP contribution in [0, 0.1) is 17.6 Å². The van der Waals surface area contributed by atoms with E-state index in [9.17, 15) is 8.78 Å². The average molecular weight is 261 g/mol. The van der Waals surface area contributed by atoms with E-state index >= 15 is 0 Å². The number of benzene rings is 2. The predicted molar refractivity (Wildman–Crippen MR) is 74.0 cm³/mol. The SMILES string of the molecule is CC(C)C(Nc1c(F)cccc1F)c1ccccc1. The highest BCUT2D eigenvalue weighted by Crippen LogP contribution is 2.29. The topological polar surface area (TPSA) is 12.0 Å². The lowest BCUT2D eigenvalue weighted by molar-refractivity contribution is 0.528. The molecule has 2 rings (SSSR count). The Hall–Kier alpha value is -1.90. The standard InChI is InChI=1S/C16H17F2N/c1-11(2)15(12-7-4-3-5-8-12)19-16-13(17)9-6-10-14(16)18/h3-11,15,19H,1-2H3. The van der Waals surface area contributed by atoms with Gasteiger partial charge in [-0.1, -0.05) is 50.2 Å². The normalized spacial score (nSPS) is 12.5. The lowest BCUT2D eigenvalue weighted by atomic mass is 9.95. The lowest BCUT2D eigenvalue weighted by Gasteiger charge is -2.24. The molecule has 0 bridgehead atoms. The summed E-state index contributed by atoms with van der Waals surface area (Å²) in [6.07, 6.45) is 0. The van der Waals surface area contributed by atoms with Crippen molar-refractivity contribution in [2.75, 3.05) is 5.32 Å². The van der Waals surface area contributed by atoms with Crippen LogP contribution in [-0.4, -0.2) is 0 Å². The van der Waals surface area contributed by atoms with E-state index in [0.29, 0.717) is 0 Å². The summed E-state index contributed by atoms with van der Waals surface area (Å²) in [6, 6.07) is 13.4. The van der Waals surface area contributed by atoms with Crippen molar-refractivity contribution in [2.24, 2.45) is 5.92 Å². The van der Waals surface area contributed by atoms with Crippen LogP contribution in [0.5, 0.6) is 0 Å². The van der Waals surface area contributed by atoms with Gasteiger partial charge in [-0.05, 0) is 23.6 Å². The minimum absolute atomic E-state index is 0.0648. The summed E-state index contributed by atoms with van der Waals surface area (Å²) in [6.45, 7) is 4.03. The smallest absolute Gasteiger partial charge is 0.149 e. The first kappa shape index (κ1) is 13.5. The third-order valence-corrected chi connectivity index (χ3v) is 3.09. The Morgan fingerprint density at radius 3 is 1.95 bits per heavy atom. The molecule has 0 fully saturated rings. The van der Waals surface area contributed by atoms with E-state index in [1.165, 1.54) is 18.2 Å². The van der Waals surface area contributed by atoms with E-state index in [4.69, 9.17) is 0 Å². The van der Waals surface area contributed by atoms with Gasteiger partial charge in [-0.2, -0.15) is 0 Å². The molecule has 3 heteroatoms. The van der Waals surface area contributed by atoms with Gasteiger partial charge in [0.1, 0.15) is 17.3 Å². The Kier molecular flexibility index (Phi) is 4.15. The van der Waals surface area contributed by atoms with Crippen molar-refractivity contribution >= 4 is 5.69 Å². The fraction of sp³-hybridized carbons (Fsp3) is 0.250. The molecule has 0 amide bonds. The van der Waals surface area contributed by atoms with Crippen LogP contribution >= 0.6 is 0 Å². The largest absolute Gasteiger partial charge is 0.373 e. The van der Waals surface area contributed by atoms with Crippen molar-refractivity contribution in [2.45, 2.75) is 19.9 Å². The maximum absolute atomic E-state index is 13.7. The zero-order valence-electron chi connectivity index (χ0n) is 11.0. The predicted octanol–water partition coefficient (Wildman–Crippen LogP) is 4.77. The van der Waals surface area contributed by atoms with Crippen molar-refractivity contribution in [1.29, 1.82) is 0 Å². The zero-order chi connectivity index (χ0) is 13.8. The Balaban J connectivity index is 2.33. The van der Waals surface area contributed by atoms with Crippen LogP contribution in [0.4, 0.5) is 14.5 Å². The summed E-state index contributed by atoms with van der Waals surface area (Å²) >= 11 is 0. The summed E-state index contributed by atoms with van der Waals surface area (Å²) in [5.74, 6) is -0.926. The number of para-hydroxylation sites is 1. The first-order valence-electron chi connectivity index (χ1n) is 6.35. The van der Waals surface area contributed by atoms with E-state index in [-0.39, 0.29) is 17.6 Å². The van der Waals surface area contributed by atoms with Crippen LogP contribution in [0.3, 0.4) is 0 Å². The third-order valence-electron chi connectivity index (χ3n) is 3.09. The van der Waals surface area contributed by atoms with Gasteiger partial charge < -0.3 is 5.32 Å². The Bertz CT molecular complexity index is 517. The molecule has 0 aliphatic heterocycles. The van der Waals surface area contributed by atoms with Crippen LogP contribution in [0.1, 0.15) is 25.5 Å². The van der Waals surface area contributed by atoms with Gasteiger partial charge in [0.2, 0.25) is 0 Å². The average Bonchev–Trinajstić information content (AvgIpc) is 2.39. The molecule has 1 unspecified atom stereocenters. The van der Waals surface area contributed by atoms with Crippen LogP contribution in [0.25, 0.3) is 0 Å². The Morgan fingerprint density at radius 2 is 1.42 bits per heavy atom. The molecule has 0 saturated carbocycles. The fourth-order valence-electron chi connectivity index (χ4n) is 2.09. The van der Waals surface area contributed by atoms with E-state index in [1.807, 2.05) is 44.2 Å². The number of anilines is 1. The second-order valence-corrected chi connectivity index (χ2v) is 4.87. The molecule has 0 aliphatic carbocycles. The zero-order valence-corrected chi connectivity index (χ0v) is 11.0. The van der Waals surface area contributed by atoms with Gasteiger partial charge in [-0.25, -0.2) is 8.78 Å². The molecule has 19 heavy (non-hydrogen) atoms. The molecule has 2 aromatic rings. The van der Waals surface area contributed by atoms with Crippen molar-refractivity contribution in [1.82, 2.24) is 0 Å². The number of rotatable bonds is 4. The maximum atomic E-state index is 13.7. The van der Waals surface area contributed by atoms with Crippen molar-refractivity contribution in [3.8, 4) is 0 Å². The van der Waals surface area contributed by atoms with Crippen LogP contribution < -0.4 is 5.32 Å². The highest BCUT2D eigenvalue weighted by atomic mass is 19.1. The highest BCUT2D eigenvalue weighted by Gasteiger charge is 2.18. The van der Waals surface area contributed by atoms with Gasteiger partial charge in [0.05, 0.1) is 6.04 Å². The van der Waals surface area contributed by atoms with Gasteiger partial charge in [0.15, 0.2) is 0 Å². The molecule has 2 aromatic carbocycles. The second kappa shape index (κ2) is 5.83. The molecule has 1 N–H and O–H groups in total. The van der Waals surface area contributed by atoms with Crippen molar-refractivity contribution in [3.05, 3.63) is 65.7 Å². The van der Waals surface area contributed by atoms with Gasteiger partial charge in [-0.15, -0.1) is 0 Å². The number of hydrogen-bond donors (Lipinski definition) is 1. The molecule has 0 saturated heterocycles. The van der Waals surface area contributed by atoms with Crippen LogP contribution in [0.2, 0.25) is 0 Å². The molecular weight excluding hydrogens is 244 g/mol. The Morgan fingerprint density at radius 1 is 0.842 bits per heavy atom. The Labute approximate surface area is 112 Å². The summed E-state index contributed by atoms with van der Waals surface area (Å²) < 4.78 is 27.4. The molecular formula is C16H17F2N. The molecule has 100 valence electrons. The third kappa shape index (κ3) is 3.11. The first-order chi connectivity index (χ1) is 9.09. The van der Waals surface area contributed by atoms with E-state index in [2.05, 4.69) is 5.32 Å². The molecule has 0 radical (unpaired) electrons. The highest BCUT2D eigenvalue weighted by molar-refractivity contribution is 5.48. The minimum Gasteiger partial charge on any atom is -0.373 e. The first-order valence-corrected chi connectivity index (χ1v) is 6.35. The van der Waals surface area contributed by atoms with E-state index in [0.717, 1.165) is 5.56 Å². The molecule has 0 aromatic heterocycles. The summed E-state index contributed by atoms with van der Waals surface area (Å²) in [7, 11) is 0. The number of halogens is 2. The molecule has 1 atom stereocenters.